The zero-order chi connectivity index (χ0) is 21.1. The maximum Gasteiger partial charge on any atom is 0.457 e. The summed E-state index contributed by atoms with van der Waals surface area (Å²) in [6.07, 6.45) is -16.1. The van der Waals surface area contributed by atoms with Crippen LogP contribution in [0.1, 0.15) is 0 Å². The molecule has 0 heterocycles. The van der Waals surface area contributed by atoms with Crippen LogP contribution in [0.2, 0.25) is 0 Å². The lowest BCUT2D eigenvalue weighted by Crippen LogP contribution is -2.77. The molecule has 1 N–H and O–H groups in total. The molecule has 1 unspecified atom stereocenters. The lowest BCUT2D eigenvalue weighted by Gasteiger charge is -2.43. The number of alkyl halides is 15. The minimum absolute atomic E-state index is 4.35. The average Bonchev–Trinajstić information content (AvgIpc) is 2.33. The summed E-state index contributed by atoms with van der Waals surface area (Å²) < 4.78 is 188. The van der Waals surface area contributed by atoms with Crippen molar-refractivity contribution in [3.8, 4) is 0 Å². The number of hydrogen-bond acceptors (Lipinski definition) is 1. The molecule has 0 fully saturated rings. The Kier molecular flexibility index (Phi) is 5.11. The number of aliphatic carboxylic acids is 1. The molecule has 0 radical (unpaired) electrons. The Bertz CT molecular complexity index is 529. The highest BCUT2D eigenvalue weighted by Gasteiger charge is 2.97. The Balaban J connectivity index is 6.97. The van der Waals surface area contributed by atoms with Crippen molar-refractivity contribution in [2.45, 2.75) is 41.7 Å². The number of hydrogen-bond donors (Lipinski definition) is 1. The van der Waals surface area contributed by atoms with E-state index in [0.717, 1.165) is 0 Å². The summed E-state index contributed by atoms with van der Waals surface area (Å²) in [5.41, 5.74) is -8.65. The van der Waals surface area contributed by atoms with Gasteiger partial charge in [-0.25, -0.2) is 9.18 Å². The second-order valence-corrected chi connectivity index (χ2v) is 4.26. The van der Waals surface area contributed by atoms with Gasteiger partial charge < -0.3 is 5.11 Å². The molecular formula is C8HF15O2. The van der Waals surface area contributed by atoms with Gasteiger partial charge in [0.05, 0.1) is 0 Å². The molecule has 0 saturated carbocycles. The minimum atomic E-state index is -8.65. The second kappa shape index (κ2) is 5.46. The van der Waals surface area contributed by atoms with Gasteiger partial charge in [-0.15, -0.1) is 0 Å². The van der Waals surface area contributed by atoms with Gasteiger partial charge >= 0.3 is 47.7 Å². The van der Waals surface area contributed by atoms with Gasteiger partial charge in [0.15, 0.2) is 0 Å². The molecule has 17 heteroatoms. The fourth-order valence-electron chi connectivity index (χ4n) is 1.30. The van der Waals surface area contributed by atoms with E-state index in [1.807, 2.05) is 0 Å². The normalized spacial score (nSPS) is 18.0. The second-order valence-electron chi connectivity index (χ2n) is 4.26. The first-order valence-corrected chi connectivity index (χ1v) is 5.01. The Morgan fingerprint density at radius 1 is 0.520 bits per heavy atom. The van der Waals surface area contributed by atoms with Crippen LogP contribution < -0.4 is 0 Å². The monoisotopic (exact) mass is 414 g/mol. The molecule has 0 amide bonds. The Labute approximate surface area is 125 Å². The van der Waals surface area contributed by atoms with Crippen LogP contribution in [0.15, 0.2) is 0 Å². The smallest absolute Gasteiger partial charge is 0.457 e. The molecule has 25 heavy (non-hydrogen) atoms. The maximum absolute atomic E-state index is 13.3. The summed E-state index contributed by atoms with van der Waals surface area (Å²) in [7, 11) is 0. The number of rotatable bonds is 5. The van der Waals surface area contributed by atoms with Crippen molar-refractivity contribution in [2.75, 3.05) is 0 Å². The summed E-state index contributed by atoms with van der Waals surface area (Å²) in [5, 5.41) is 7.59. The van der Waals surface area contributed by atoms with Crippen LogP contribution in [-0.2, 0) is 4.79 Å². The molecule has 2 nitrogen and oxygen atoms in total. The topological polar surface area (TPSA) is 37.3 Å². The Hall–Kier alpha value is -1.58. The maximum atomic E-state index is 13.3. The van der Waals surface area contributed by atoms with Crippen LogP contribution in [0.4, 0.5) is 65.9 Å². The molecule has 0 aliphatic rings. The van der Waals surface area contributed by atoms with Gasteiger partial charge in [0, 0.05) is 0 Å². The van der Waals surface area contributed by atoms with Crippen LogP contribution >= 0.6 is 0 Å². The van der Waals surface area contributed by atoms with Crippen molar-refractivity contribution in [3.63, 3.8) is 0 Å². The summed E-state index contributed by atoms with van der Waals surface area (Å²) >= 11 is 0. The Morgan fingerprint density at radius 2 is 0.840 bits per heavy atom. The van der Waals surface area contributed by atoms with Gasteiger partial charge in [0.1, 0.15) is 0 Å². The molecule has 0 aromatic heterocycles. The van der Waals surface area contributed by atoms with Crippen molar-refractivity contribution in [2.24, 2.45) is 0 Å². The highest BCUT2D eigenvalue weighted by molar-refractivity contribution is 5.77. The van der Waals surface area contributed by atoms with Crippen LogP contribution in [0.3, 0.4) is 0 Å². The number of carboxylic acids is 1. The highest BCUT2D eigenvalue weighted by Crippen LogP contribution is 2.64. The van der Waals surface area contributed by atoms with E-state index in [-0.39, 0.29) is 0 Å². The van der Waals surface area contributed by atoms with Crippen molar-refractivity contribution in [1.29, 1.82) is 0 Å². The molecule has 0 aliphatic heterocycles. The lowest BCUT2D eigenvalue weighted by molar-refractivity contribution is -0.456. The molecule has 0 bridgehead atoms. The third-order valence-corrected chi connectivity index (χ3v) is 2.67. The largest absolute Gasteiger partial charge is 0.477 e. The lowest BCUT2D eigenvalue weighted by atomic mass is 9.83. The predicted molar refractivity (Wildman–Crippen MR) is 43.4 cm³/mol. The summed E-state index contributed by atoms with van der Waals surface area (Å²) in [4.78, 5) is 9.76. The van der Waals surface area contributed by atoms with E-state index in [0.29, 0.717) is 0 Å². The average molecular weight is 414 g/mol. The number of carboxylic acid groups (broad SMARTS) is 1. The molecule has 0 aromatic carbocycles. The van der Waals surface area contributed by atoms with Crippen LogP contribution in [-0.4, -0.2) is 52.8 Å². The van der Waals surface area contributed by atoms with Gasteiger partial charge in [0.2, 0.25) is 0 Å². The minimum Gasteiger partial charge on any atom is -0.477 e. The van der Waals surface area contributed by atoms with Crippen LogP contribution in [0, 0.1) is 0 Å². The van der Waals surface area contributed by atoms with Gasteiger partial charge in [0.25, 0.3) is 0 Å². The van der Waals surface area contributed by atoms with E-state index in [1.54, 1.807) is 0 Å². The fraction of sp³-hybridized carbons (Fsp3) is 0.875. The Morgan fingerprint density at radius 3 is 1.04 bits per heavy atom. The number of halogens is 15. The molecule has 0 aromatic rings. The molecule has 1 atom stereocenters. The van der Waals surface area contributed by atoms with E-state index >= 15 is 0 Å². The van der Waals surface area contributed by atoms with Crippen molar-refractivity contribution >= 4 is 5.97 Å². The first-order chi connectivity index (χ1) is 10.4. The van der Waals surface area contributed by atoms with Crippen LogP contribution in [0.5, 0.6) is 0 Å². The zero-order valence-corrected chi connectivity index (χ0v) is 10.5. The first kappa shape index (κ1) is 23.4. The molecule has 0 aliphatic carbocycles. The molecule has 0 rings (SSSR count). The standard InChI is InChI=1S/C8HF15O2/c9-2(10,1(24)25)4(12,13)5(14,15)3(11,7(18,19)20)6(16,17)8(21,22)23/h(H,24,25). The molecule has 150 valence electrons. The SMILES string of the molecule is O=C(O)C(F)(F)C(F)(F)C(F)(F)C(F)(C(F)(F)F)C(F)(F)C(F)(F)F. The van der Waals surface area contributed by atoms with E-state index in [1.165, 1.54) is 0 Å². The van der Waals surface area contributed by atoms with E-state index in [2.05, 4.69) is 0 Å². The summed E-state index contributed by atoms with van der Waals surface area (Å²) in [6.45, 7) is 0. The van der Waals surface area contributed by atoms with Crippen molar-refractivity contribution < 1.29 is 75.8 Å². The molecular weight excluding hydrogens is 413 g/mol. The zero-order valence-electron chi connectivity index (χ0n) is 10.5. The van der Waals surface area contributed by atoms with Gasteiger partial charge in [-0.2, -0.15) is 61.5 Å². The van der Waals surface area contributed by atoms with Gasteiger partial charge in [-0.1, -0.05) is 0 Å². The van der Waals surface area contributed by atoms with Gasteiger partial charge in [-0.05, 0) is 0 Å². The van der Waals surface area contributed by atoms with E-state index in [4.69, 9.17) is 5.11 Å². The van der Waals surface area contributed by atoms with Crippen molar-refractivity contribution in [1.82, 2.24) is 0 Å². The molecule has 0 spiro atoms. The quantitative estimate of drug-likeness (QED) is 0.676. The fourth-order valence-corrected chi connectivity index (χ4v) is 1.30. The van der Waals surface area contributed by atoms with Gasteiger partial charge in [-0.3, -0.25) is 0 Å². The van der Waals surface area contributed by atoms with E-state index < -0.39 is 47.7 Å². The van der Waals surface area contributed by atoms with E-state index in [9.17, 15) is 70.7 Å². The number of carbonyl (C=O) groups is 1. The predicted octanol–water partition coefficient (Wildman–Crippen LogP) is 4.45. The third-order valence-electron chi connectivity index (χ3n) is 2.67. The van der Waals surface area contributed by atoms with Crippen LogP contribution in [0.25, 0.3) is 0 Å². The highest BCUT2D eigenvalue weighted by atomic mass is 19.4. The van der Waals surface area contributed by atoms with Crippen molar-refractivity contribution in [3.05, 3.63) is 0 Å². The third kappa shape index (κ3) is 2.74. The summed E-state index contributed by atoms with van der Waals surface area (Å²) in [6, 6.07) is 0. The molecule has 0 saturated heterocycles. The first-order valence-electron chi connectivity index (χ1n) is 5.01. The summed E-state index contributed by atoms with van der Waals surface area (Å²) in [5.74, 6) is -36.8.